The van der Waals surface area contributed by atoms with Gasteiger partial charge in [0.2, 0.25) is 5.91 Å². The number of rotatable bonds is 5. The Morgan fingerprint density at radius 3 is 2.88 bits per heavy atom. The zero-order chi connectivity index (χ0) is 12.0. The van der Waals surface area contributed by atoms with Gasteiger partial charge in [-0.1, -0.05) is 0 Å². The summed E-state index contributed by atoms with van der Waals surface area (Å²) < 4.78 is 13.0. The van der Waals surface area contributed by atoms with Gasteiger partial charge in [0, 0.05) is 18.7 Å². The minimum Gasteiger partial charge on any atom is -0.385 e. The number of primary amides is 1. The van der Waals surface area contributed by atoms with Crippen LogP contribution in [0.4, 0.5) is 10.1 Å². The molecule has 1 aromatic rings. The molecule has 0 saturated carbocycles. The molecule has 1 amide bonds. The molecule has 4 nitrogen and oxygen atoms in total. The predicted octanol–water partition coefficient (Wildman–Crippen LogP) is 1.37. The third-order valence-corrected chi connectivity index (χ3v) is 1.96. The number of nitriles is 1. The van der Waals surface area contributed by atoms with Gasteiger partial charge in [0.15, 0.2) is 0 Å². The van der Waals surface area contributed by atoms with Crippen molar-refractivity contribution in [2.75, 3.05) is 11.9 Å². The minimum atomic E-state index is -0.462. The van der Waals surface area contributed by atoms with Crippen LogP contribution in [0.2, 0.25) is 0 Å². The summed E-state index contributed by atoms with van der Waals surface area (Å²) in [7, 11) is 0. The first-order valence-corrected chi connectivity index (χ1v) is 4.84. The average molecular weight is 221 g/mol. The van der Waals surface area contributed by atoms with Crippen molar-refractivity contribution in [1.29, 1.82) is 5.26 Å². The first kappa shape index (κ1) is 12.0. The molecule has 0 spiro atoms. The fourth-order valence-corrected chi connectivity index (χ4v) is 1.25. The Balaban J connectivity index is 2.51. The van der Waals surface area contributed by atoms with Crippen LogP contribution in [-0.4, -0.2) is 12.5 Å². The number of carbonyl (C=O) groups is 1. The zero-order valence-electron chi connectivity index (χ0n) is 8.66. The van der Waals surface area contributed by atoms with Crippen LogP contribution in [-0.2, 0) is 4.79 Å². The number of nitrogens with two attached hydrogens (primary N) is 1. The Labute approximate surface area is 92.9 Å². The number of carbonyl (C=O) groups excluding carboxylic acids is 1. The summed E-state index contributed by atoms with van der Waals surface area (Å²) in [5, 5.41) is 11.5. The third-order valence-electron chi connectivity index (χ3n) is 1.96. The molecule has 0 aliphatic heterocycles. The van der Waals surface area contributed by atoms with Gasteiger partial charge in [-0.25, -0.2) is 4.39 Å². The fraction of sp³-hybridized carbons (Fsp3) is 0.273. The van der Waals surface area contributed by atoms with E-state index >= 15 is 0 Å². The van der Waals surface area contributed by atoms with Gasteiger partial charge in [-0.3, -0.25) is 4.79 Å². The van der Waals surface area contributed by atoms with Crippen LogP contribution in [0.25, 0.3) is 0 Å². The van der Waals surface area contributed by atoms with E-state index in [4.69, 9.17) is 11.0 Å². The molecule has 0 aliphatic carbocycles. The summed E-state index contributed by atoms with van der Waals surface area (Å²) in [6.07, 6.45) is 0.862. The molecule has 0 atom stereocenters. The van der Waals surface area contributed by atoms with Gasteiger partial charge in [-0.05, 0) is 24.6 Å². The fourth-order valence-electron chi connectivity index (χ4n) is 1.25. The molecule has 1 rings (SSSR count). The number of halogens is 1. The van der Waals surface area contributed by atoms with E-state index in [0.717, 1.165) is 6.07 Å². The highest BCUT2D eigenvalue weighted by atomic mass is 19.1. The van der Waals surface area contributed by atoms with E-state index in [1.807, 2.05) is 6.07 Å². The molecule has 5 heteroatoms. The first-order chi connectivity index (χ1) is 7.61. The predicted molar refractivity (Wildman–Crippen MR) is 58.0 cm³/mol. The maximum Gasteiger partial charge on any atom is 0.217 e. The summed E-state index contributed by atoms with van der Waals surface area (Å²) in [6.45, 7) is 0.511. The van der Waals surface area contributed by atoms with Gasteiger partial charge in [0.1, 0.15) is 5.82 Å². The molecule has 0 aliphatic rings. The van der Waals surface area contributed by atoms with E-state index in [0.29, 0.717) is 18.7 Å². The van der Waals surface area contributed by atoms with Crippen LogP contribution < -0.4 is 11.1 Å². The molecule has 0 fully saturated rings. The Morgan fingerprint density at radius 1 is 1.50 bits per heavy atom. The number of hydrogen-bond acceptors (Lipinski definition) is 3. The van der Waals surface area contributed by atoms with Crippen molar-refractivity contribution in [1.82, 2.24) is 0 Å². The van der Waals surface area contributed by atoms with E-state index in [1.165, 1.54) is 6.07 Å². The second-order valence-corrected chi connectivity index (χ2v) is 3.34. The van der Waals surface area contributed by atoms with Crippen LogP contribution in [0.3, 0.4) is 0 Å². The maximum absolute atomic E-state index is 13.0. The minimum absolute atomic E-state index is 0.261. The molecule has 84 valence electrons. The first-order valence-electron chi connectivity index (χ1n) is 4.84. The lowest BCUT2D eigenvalue weighted by Gasteiger charge is -2.05. The van der Waals surface area contributed by atoms with Gasteiger partial charge >= 0.3 is 0 Å². The lowest BCUT2D eigenvalue weighted by Crippen LogP contribution is -2.12. The largest absolute Gasteiger partial charge is 0.385 e. The molecular formula is C11H12FN3O. The van der Waals surface area contributed by atoms with E-state index in [9.17, 15) is 9.18 Å². The van der Waals surface area contributed by atoms with Crippen molar-refractivity contribution in [3.63, 3.8) is 0 Å². The molecule has 3 N–H and O–H groups in total. The Morgan fingerprint density at radius 2 is 2.25 bits per heavy atom. The Hall–Kier alpha value is -2.09. The molecule has 16 heavy (non-hydrogen) atoms. The van der Waals surface area contributed by atoms with Gasteiger partial charge in [-0.2, -0.15) is 5.26 Å². The SMILES string of the molecule is N#Cc1cc(F)cc(NCCCC(N)=O)c1. The monoisotopic (exact) mass is 221 g/mol. The standard InChI is InChI=1S/C11H12FN3O/c12-9-4-8(7-13)5-10(6-9)15-3-1-2-11(14)16/h4-6,15H,1-3H2,(H2,14,16). The molecule has 0 radical (unpaired) electrons. The molecule has 1 aromatic carbocycles. The summed E-state index contributed by atoms with van der Waals surface area (Å²) in [5.41, 5.74) is 5.76. The Bertz CT molecular complexity index is 426. The molecule has 0 unspecified atom stereocenters. The van der Waals surface area contributed by atoms with Gasteiger partial charge in [0.05, 0.1) is 11.6 Å². The van der Waals surface area contributed by atoms with Crippen LogP contribution in [0.5, 0.6) is 0 Å². The van der Waals surface area contributed by atoms with Crippen LogP contribution >= 0.6 is 0 Å². The second kappa shape index (κ2) is 5.71. The van der Waals surface area contributed by atoms with Crippen molar-refractivity contribution in [2.45, 2.75) is 12.8 Å². The lowest BCUT2D eigenvalue weighted by atomic mass is 10.2. The Kier molecular flexibility index (Phi) is 4.28. The van der Waals surface area contributed by atoms with Crippen molar-refractivity contribution >= 4 is 11.6 Å². The van der Waals surface area contributed by atoms with E-state index < -0.39 is 5.82 Å². The van der Waals surface area contributed by atoms with Gasteiger partial charge < -0.3 is 11.1 Å². The quantitative estimate of drug-likeness (QED) is 0.737. The maximum atomic E-state index is 13.0. The number of amides is 1. The summed E-state index contributed by atoms with van der Waals surface area (Å²) in [5.74, 6) is -0.824. The molecule has 0 bridgehead atoms. The lowest BCUT2D eigenvalue weighted by molar-refractivity contribution is -0.118. The normalized spacial score (nSPS) is 9.50. The number of hydrogen-bond donors (Lipinski definition) is 2. The highest BCUT2D eigenvalue weighted by molar-refractivity contribution is 5.73. The second-order valence-electron chi connectivity index (χ2n) is 3.34. The summed E-state index contributed by atoms with van der Waals surface area (Å²) in [4.78, 5) is 10.5. The average Bonchev–Trinajstić information content (AvgIpc) is 2.23. The highest BCUT2D eigenvalue weighted by Crippen LogP contribution is 2.13. The summed E-state index contributed by atoms with van der Waals surface area (Å²) >= 11 is 0. The van der Waals surface area contributed by atoms with Crippen molar-refractivity contribution < 1.29 is 9.18 Å². The van der Waals surface area contributed by atoms with Crippen LogP contribution in [0, 0.1) is 17.1 Å². The number of nitrogens with zero attached hydrogens (tertiary/aromatic N) is 1. The molecular weight excluding hydrogens is 209 g/mol. The van der Waals surface area contributed by atoms with Gasteiger partial charge in [-0.15, -0.1) is 0 Å². The number of nitrogens with one attached hydrogen (secondary N) is 1. The van der Waals surface area contributed by atoms with E-state index in [2.05, 4.69) is 5.32 Å². The zero-order valence-corrected chi connectivity index (χ0v) is 8.66. The van der Waals surface area contributed by atoms with Crippen molar-refractivity contribution in [2.24, 2.45) is 5.73 Å². The van der Waals surface area contributed by atoms with Crippen LogP contribution in [0.1, 0.15) is 18.4 Å². The molecule has 0 aromatic heterocycles. The van der Waals surface area contributed by atoms with E-state index in [1.54, 1.807) is 6.07 Å². The summed E-state index contributed by atoms with van der Waals surface area (Å²) in [6, 6.07) is 5.87. The topological polar surface area (TPSA) is 78.9 Å². The highest BCUT2D eigenvalue weighted by Gasteiger charge is 2.00. The molecule has 0 saturated heterocycles. The van der Waals surface area contributed by atoms with Gasteiger partial charge in [0.25, 0.3) is 0 Å². The number of benzene rings is 1. The molecule has 0 heterocycles. The third kappa shape index (κ3) is 3.96. The van der Waals surface area contributed by atoms with Crippen molar-refractivity contribution in [3.8, 4) is 6.07 Å². The number of anilines is 1. The van der Waals surface area contributed by atoms with Crippen LogP contribution in [0.15, 0.2) is 18.2 Å². The van der Waals surface area contributed by atoms with Crippen molar-refractivity contribution in [3.05, 3.63) is 29.6 Å². The van der Waals surface area contributed by atoms with E-state index in [-0.39, 0.29) is 17.9 Å². The smallest absolute Gasteiger partial charge is 0.217 e.